The van der Waals surface area contributed by atoms with Crippen LogP contribution in [0.5, 0.6) is 0 Å². The molecule has 0 spiro atoms. The van der Waals surface area contributed by atoms with Crippen molar-refractivity contribution < 1.29 is 0 Å². The van der Waals surface area contributed by atoms with Gasteiger partial charge in [-0.2, -0.15) is 0 Å². The molecule has 0 atom stereocenters. The van der Waals surface area contributed by atoms with Crippen molar-refractivity contribution in [3.05, 3.63) is 0 Å². The van der Waals surface area contributed by atoms with Crippen molar-refractivity contribution in [3.8, 4) is 0 Å². The fraction of sp³-hybridized carbons (Fsp3) is 1.00. The summed E-state index contributed by atoms with van der Waals surface area (Å²) in [5.74, 6) is 1.01. The minimum atomic E-state index is 0.649. The molecule has 0 aromatic rings. The second-order valence-corrected chi connectivity index (χ2v) is 5.88. The topological polar surface area (TPSA) is 24.1 Å². The van der Waals surface area contributed by atoms with Crippen LogP contribution < -0.4 is 10.6 Å². The van der Waals surface area contributed by atoms with Crippen LogP contribution in [0.4, 0.5) is 0 Å². The Kier molecular flexibility index (Phi) is 4.66. The molecule has 2 heteroatoms. The number of nitrogens with one attached hydrogen (secondary N) is 2. The molecular formula is C14H28N2. The molecule has 2 rings (SSSR count). The third-order valence-corrected chi connectivity index (χ3v) is 4.52. The van der Waals surface area contributed by atoms with Gasteiger partial charge >= 0.3 is 0 Å². The lowest BCUT2D eigenvalue weighted by Gasteiger charge is -2.27. The van der Waals surface area contributed by atoms with E-state index in [1.807, 2.05) is 0 Å². The molecule has 0 unspecified atom stereocenters. The van der Waals surface area contributed by atoms with Gasteiger partial charge in [0.1, 0.15) is 0 Å². The third-order valence-electron chi connectivity index (χ3n) is 4.52. The van der Waals surface area contributed by atoms with E-state index < -0.39 is 0 Å². The van der Waals surface area contributed by atoms with Gasteiger partial charge in [-0.05, 0) is 50.0 Å². The molecule has 0 aromatic heterocycles. The quantitative estimate of drug-likeness (QED) is 0.619. The standard InChI is InChI=1S/C14H28N2/c1-2-14(7-3-4-8-14)12-16-10-9-15-11-13-5-6-13/h13,15-16H,2-12H2,1H3. The Balaban J connectivity index is 1.49. The first-order chi connectivity index (χ1) is 7.85. The van der Waals surface area contributed by atoms with Crippen molar-refractivity contribution >= 4 is 0 Å². The van der Waals surface area contributed by atoms with Gasteiger partial charge in [0.25, 0.3) is 0 Å². The Morgan fingerprint density at radius 3 is 2.38 bits per heavy atom. The predicted molar refractivity (Wildman–Crippen MR) is 69.7 cm³/mol. The van der Waals surface area contributed by atoms with Crippen molar-refractivity contribution in [1.29, 1.82) is 0 Å². The first kappa shape index (κ1) is 12.4. The maximum atomic E-state index is 3.65. The van der Waals surface area contributed by atoms with Crippen LogP contribution in [0.15, 0.2) is 0 Å². The summed E-state index contributed by atoms with van der Waals surface area (Å²) in [6.45, 7) is 7.15. The molecular weight excluding hydrogens is 196 g/mol. The first-order valence-corrected chi connectivity index (χ1v) is 7.26. The highest BCUT2D eigenvalue weighted by molar-refractivity contribution is 4.85. The van der Waals surface area contributed by atoms with Crippen LogP contribution in [0.1, 0.15) is 51.9 Å². The van der Waals surface area contributed by atoms with E-state index in [9.17, 15) is 0 Å². The maximum Gasteiger partial charge on any atom is 0.00769 e. The van der Waals surface area contributed by atoms with Gasteiger partial charge < -0.3 is 10.6 Å². The second kappa shape index (κ2) is 6.02. The van der Waals surface area contributed by atoms with E-state index in [4.69, 9.17) is 0 Å². The summed E-state index contributed by atoms with van der Waals surface area (Å²) in [6, 6.07) is 0. The Bertz CT molecular complexity index is 193. The van der Waals surface area contributed by atoms with Crippen LogP contribution in [0.2, 0.25) is 0 Å². The lowest BCUT2D eigenvalue weighted by atomic mass is 9.83. The van der Waals surface area contributed by atoms with E-state index in [0.29, 0.717) is 5.41 Å². The maximum absolute atomic E-state index is 3.65. The van der Waals surface area contributed by atoms with Gasteiger partial charge in [-0.1, -0.05) is 19.8 Å². The fourth-order valence-electron chi connectivity index (χ4n) is 2.94. The molecule has 94 valence electrons. The van der Waals surface area contributed by atoms with Crippen molar-refractivity contribution in [1.82, 2.24) is 10.6 Å². The van der Waals surface area contributed by atoms with Crippen LogP contribution in [0, 0.1) is 11.3 Å². The molecule has 2 aliphatic carbocycles. The summed E-state index contributed by atoms with van der Waals surface area (Å²) in [7, 11) is 0. The monoisotopic (exact) mass is 224 g/mol. The van der Waals surface area contributed by atoms with E-state index >= 15 is 0 Å². The zero-order chi connectivity index (χ0) is 11.3. The van der Waals surface area contributed by atoms with Gasteiger partial charge in [0.2, 0.25) is 0 Å². The molecule has 16 heavy (non-hydrogen) atoms. The van der Waals surface area contributed by atoms with Crippen molar-refractivity contribution in [2.24, 2.45) is 11.3 Å². The van der Waals surface area contributed by atoms with Crippen molar-refractivity contribution in [3.63, 3.8) is 0 Å². The zero-order valence-electron chi connectivity index (χ0n) is 10.9. The minimum Gasteiger partial charge on any atom is -0.315 e. The molecule has 2 N–H and O–H groups in total. The molecule has 2 nitrogen and oxygen atoms in total. The minimum absolute atomic E-state index is 0.649. The lowest BCUT2D eigenvalue weighted by Crippen LogP contribution is -2.36. The number of hydrogen-bond acceptors (Lipinski definition) is 2. The summed E-state index contributed by atoms with van der Waals surface area (Å²) in [4.78, 5) is 0. The molecule has 0 radical (unpaired) electrons. The molecule has 0 heterocycles. The number of hydrogen-bond donors (Lipinski definition) is 2. The Hall–Kier alpha value is -0.0800. The molecule has 0 aromatic carbocycles. The summed E-state index contributed by atoms with van der Waals surface area (Å²) >= 11 is 0. The molecule has 0 amide bonds. The highest BCUT2D eigenvalue weighted by Crippen LogP contribution is 2.40. The second-order valence-electron chi connectivity index (χ2n) is 5.88. The van der Waals surface area contributed by atoms with Crippen molar-refractivity contribution in [2.75, 3.05) is 26.2 Å². The molecule has 2 saturated carbocycles. The van der Waals surface area contributed by atoms with Crippen LogP contribution in [0.25, 0.3) is 0 Å². The molecule has 2 fully saturated rings. The smallest absolute Gasteiger partial charge is 0.00769 e. The summed E-state index contributed by atoms with van der Waals surface area (Å²) in [5.41, 5.74) is 0.649. The van der Waals surface area contributed by atoms with Crippen LogP contribution in [0.3, 0.4) is 0 Å². The van der Waals surface area contributed by atoms with Gasteiger partial charge in [0.05, 0.1) is 0 Å². The molecule has 0 saturated heterocycles. The zero-order valence-corrected chi connectivity index (χ0v) is 10.9. The van der Waals surface area contributed by atoms with Gasteiger partial charge in [-0.3, -0.25) is 0 Å². The Labute approximate surface area is 101 Å². The van der Waals surface area contributed by atoms with Crippen LogP contribution in [-0.4, -0.2) is 26.2 Å². The first-order valence-electron chi connectivity index (χ1n) is 7.26. The number of rotatable bonds is 8. The summed E-state index contributed by atoms with van der Waals surface area (Å²) < 4.78 is 0. The molecule has 0 aliphatic heterocycles. The van der Waals surface area contributed by atoms with E-state index in [-0.39, 0.29) is 0 Å². The Morgan fingerprint density at radius 1 is 1.06 bits per heavy atom. The van der Waals surface area contributed by atoms with Gasteiger partial charge in [-0.15, -0.1) is 0 Å². The fourth-order valence-corrected chi connectivity index (χ4v) is 2.94. The Morgan fingerprint density at radius 2 is 1.75 bits per heavy atom. The van der Waals surface area contributed by atoms with Gasteiger partial charge in [0, 0.05) is 19.6 Å². The average molecular weight is 224 g/mol. The lowest BCUT2D eigenvalue weighted by molar-refractivity contribution is 0.269. The van der Waals surface area contributed by atoms with Crippen LogP contribution in [-0.2, 0) is 0 Å². The highest BCUT2D eigenvalue weighted by atomic mass is 15.0. The van der Waals surface area contributed by atoms with E-state index in [0.717, 1.165) is 19.0 Å². The van der Waals surface area contributed by atoms with E-state index in [1.54, 1.807) is 0 Å². The normalized spacial score (nSPS) is 23.8. The van der Waals surface area contributed by atoms with Crippen LogP contribution >= 0.6 is 0 Å². The van der Waals surface area contributed by atoms with Gasteiger partial charge in [-0.25, -0.2) is 0 Å². The van der Waals surface area contributed by atoms with Gasteiger partial charge in [0.15, 0.2) is 0 Å². The largest absolute Gasteiger partial charge is 0.315 e. The summed E-state index contributed by atoms with van der Waals surface area (Å²) in [5, 5.41) is 7.19. The predicted octanol–water partition coefficient (Wildman–Crippen LogP) is 2.55. The SMILES string of the molecule is CCC1(CNCCNCC2CC2)CCCC1. The molecule has 2 aliphatic rings. The third kappa shape index (κ3) is 3.74. The average Bonchev–Trinajstić information content (AvgIpc) is 3.01. The van der Waals surface area contributed by atoms with E-state index in [2.05, 4.69) is 17.6 Å². The molecule has 0 bridgehead atoms. The summed E-state index contributed by atoms with van der Waals surface area (Å²) in [6.07, 6.45) is 10.1. The highest BCUT2D eigenvalue weighted by Gasteiger charge is 2.31. The van der Waals surface area contributed by atoms with Crippen molar-refractivity contribution in [2.45, 2.75) is 51.9 Å². The van der Waals surface area contributed by atoms with E-state index in [1.165, 1.54) is 58.0 Å².